The van der Waals surface area contributed by atoms with Gasteiger partial charge in [0.2, 0.25) is 0 Å². The molecule has 1 N–H and O–H groups in total. The van der Waals surface area contributed by atoms with Crippen LogP contribution < -0.4 is 5.32 Å². The van der Waals surface area contributed by atoms with E-state index in [4.69, 9.17) is 4.74 Å². The number of amides is 1. The predicted molar refractivity (Wildman–Crippen MR) is 39.5 cm³/mol. The molecule has 1 aliphatic heterocycles. The maximum atomic E-state index is 10.6. The van der Waals surface area contributed by atoms with E-state index in [9.17, 15) is 9.59 Å². The highest BCUT2D eigenvalue weighted by molar-refractivity contribution is 5.70. The van der Waals surface area contributed by atoms with Gasteiger partial charge in [0.1, 0.15) is 18.8 Å². The molecule has 5 heteroatoms. The monoisotopic (exact) mass is 173 g/mol. The Morgan fingerprint density at radius 3 is 2.92 bits per heavy atom. The normalized spacial score (nSPS) is 24.2. The molecule has 5 nitrogen and oxygen atoms in total. The number of hydrogen-bond donors (Lipinski definition) is 1. The van der Waals surface area contributed by atoms with Crippen molar-refractivity contribution in [3.8, 4) is 0 Å². The molecule has 0 unspecified atom stereocenters. The van der Waals surface area contributed by atoms with E-state index in [-0.39, 0.29) is 24.7 Å². The van der Waals surface area contributed by atoms with Crippen LogP contribution in [0.4, 0.5) is 4.79 Å². The third-order valence-corrected chi connectivity index (χ3v) is 1.62. The molecule has 12 heavy (non-hydrogen) atoms. The molecule has 68 valence electrons. The highest BCUT2D eigenvalue weighted by Gasteiger charge is 2.28. The second-order valence-corrected chi connectivity index (χ2v) is 2.66. The molecule has 2 atom stereocenters. The largest absolute Gasteiger partial charge is 0.461 e. The van der Waals surface area contributed by atoms with Gasteiger partial charge in [0.05, 0.1) is 0 Å². The van der Waals surface area contributed by atoms with E-state index < -0.39 is 6.09 Å². The number of ether oxygens (including phenoxy) is 2. The van der Waals surface area contributed by atoms with Crippen molar-refractivity contribution >= 4 is 12.1 Å². The van der Waals surface area contributed by atoms with Crippen LogP contribution in [0.2, 0.25) is 0 Å². The SMILES string of the molecule is CC(=O)O[C@@H](C)[C@H]1COC(=O)N1. The zero-order valence-corrected chi connectivity index (χ0v) is 6.99. The first-order valence-corrected chi connectivity index (χ1v) is 3.70. The van der Waals surface area contributed by atoms with Crippen LogP contribution in [-0.2, 0) is 14.3 Å². The average Bonchev–Trinajstić information content (AvgIpc) is 2.34. The summed E-state index contributed by atoms with van der Waals surface area (Å²) in [5.41, 5.74) is 0. The van der Waals surface area contributed by atoms with E-state index >= 15 is 0 Å². The van der Waals surface area contributed by atoms with Gasteiger partial charge in [-0.1, -0.05) is 0 Å². The summed E-state index contributed by atoms with van der Waals surface area (Å²) < 4.78 is 9.48. The molecular weight excluding hydrogens is 162 g/mol. The standard InChI is InChI=1S/C7H11NO4/c1-4(12-5(2)9)6-3-11-7(10)8-6/h4,6H,3H2,1-2H3,(H,8,10)/t4-,6+/m0/s1. The van der Waals surface area contributed by atoms with Crippen molar-refractivity contribution in [3.05, 3.63) is 0 Å². The zero-order valence-electron chi connectivity index (χ0n) is 6.99. The molecule has 0 aliphatic carbocycles. The zero-order chi connectivity index (χ0) is 9.14. The van der Waals surface area contributed by atoms with Gasteiger partial charge in [0, 0.05) is 6.92 Å². The minimum atomic E-state index is -0.459. The van der Waals surface area contributed by atoms with Gasteiger partial charge in [-0.3, -0.25) is 4.79 Å². The smallest absolute Gasteiger partial charge is 0.407 e. The van der Waals surface area contributed by atoms with E-state index in [1.54, 1.807) is 6.92 Å². The van der Waals surface area contributed by atoms with Crippen LogP contribution in [0, 0.1) is 0 Å². The fourth-order valence-electron chi connectivity index (χ4n) is 0.997. The van der Waals surface area contributed by atoms with E-state index in [2.05, 4.69) is 10.1 Å². The number of esters is 1. The van der Waals surface area contributed by atoms with Crippen LogP contribution >= 0.6 is 0 Å². The summed E-state index contributed by atoms with van der Waals surface area (Å²) in [4.78, 5) is 21.1. The van der Waals surface area contributed by atoms with Crippen molar-refractivity contribution in [2.45, 2.75) is 26.0 Å². The van der Waals surface area contributed by atoms with Gasteiger partial charge < -0.3 is 14.8 Å². The first kappa shape index (κ1) is 8.83. The molecule has 0 aromatic heterocycles. The third-order valence-electron chi connectivity index (χ3n) is 1.62. The Morgan fingerprint density at radius 1 is 1.83 bits per heavy atom. The van der Waals surface area contributed by atoms with Crippen LogP contribution in [0.1, 0.15) is 13.8 Å². The number of carbonyl (C=O) groups is 2. The van der Waals surface area contributed by atoms with Gasteiger partial charge in [-0.05, 0) is 6.92 Å². The lowest BCUT2D eigenvalue weighted by Gasteiger charge is -2.16. The third kappa shape index (κ3) is 2.11. The number of nitrogens with one attached hydrogen (secondary N) is 1. The van der Waals surface area contributed by atoms with Crippen molar-refractivity contribution < 1.29 is 19.1 Å². The second kappa shape index (κ2) is 3.42. The minimum absolute atomic E-state index is 0.221. The molecule has 1 saturated heterocycles. The van der Waals surface area contributed by atoms with Gasteiger partial charge in [0.15, 0.2) is 0 Å². The Balaban J connectivity index is 2.37. The van der Waals surface area contributed by atoms with Crippen molar-refractivity contribution in [2.75, 3.05) is 6.61 Å². The molecule has 1 fully saturated rings. The Bertz CT molecular complexity index is 204. The summed E-state index contributed by atoms with van der Waals surface area (Å²) in [7, 11) is 0. The number of rotatable bonds is 2. The molecule has 0 spiro atoms. The van der Waals surface area contributed by atoms with Crippen LogP contribution in [0.5, 0.6) is 0 Å². The lowest BCUT2D eigenvalue weighted by molar-refractivity contribution is -0.146. The predicted octanol–water partition coefficient (Wildman–Crippen LogP) is 0.0464. The fourth-order valence-corrected chi connectivity index (χ4v) is 0.997. The second-order valence-electron chi connectivity index (χ2n) is 2.66. The van der Waals surface area contributed by atoms with Crippen molar-refractivity contribution in [2.24, 2.45) is 0 Å². The highest BCUT2D eigenvalue weighted by atomic mass is 16.6. The first-order valence-electron chi connectivity index (χ1n) is 3.70. The number of hydrogen-bond acceptors (Lipinski definition) is 4. The van der Waals surface area contributed by atoms with E-state index in [0.29, 0.717) is 0 Å². The first-order chi connectivity index (χ1) is 5.59. The van der Waals surface area contributed by atoms with Crippen LogP contribution in [-0.4, -0.2) is 30.8 Å². The van der Waals surface area contributed by atoms with Crippen molar-refractivity contribution in [1.82, 2.24) is 5.32 Å². The molecule has 1 heterocycles. The van der Waals surface area contributed by atoms with Crippen molar-refractivity contribution in [1.29, 1.82) is 0 Å². The number of alkyl carbamates (subject to hydrolysis) is 1. The number of cyclic esters (lactones) is 1. The van der Waals surface area contributed by atoms with E-state index in [1.807, 2.05) is 0 Å². The Hall–Kier alpha value is -1.26. The molecule has 0 radical (unpaired) electrons. The lowest BCUT2D eigenvalue weighted by Crippen LogP contribution is -2.38. The van der Waals surface area contributed by atoms with Gasteiger partial charge >= 0.3 is 12.1 Å². The molecule has 0 bridgehead atoms. The van der Waals surface area contributed by atoms with Gasteiger partial charge in [-0.2, -0.15) is 0 Å². The molecule has 0 aromatic carbocycles. The molecule has 1 amide bonds. The highest BCUT2D eigenvalue weighted by Crippen LogP contribution is 2.05. The van der Waals surface area contributed by atoms with Gasteiger partial charge in [-0.25, -0.2) is 4.79 Å². The molecule has 0 aromatic rings. The Kier molecular flexibility index (Phi) is 2.52. The molecular formula is C7H11NO4. The summed E-state index contributed by atoms with van der Waals surface area (Å²) in [6.45, 7) is 3.29. The maximum Gasteiger partial charge on any atom is 0.407 e. The fraction of sp³-hybridized carbons (Fsp3) is 0.714. The summed E-state index contributed by atoms with van der Waals surface area (Å²) in [6, 6.07) is -0.221. The number of carbonyl (C=O) groups excluding carboxylic acids is 2. The van der Waals surface area contributed by atoms with E-state index in [1.165, 1.54) is 6.92 Å². The maximum absolute atomic E-state index is 10.6. The minimum Gasteiger partial charge on any atom is -0.461 e. The van der Waals surface area contributed by atoms with Gasteiger partial charge in [0.25, 0.3) is 0 Å². The molecule has 1 rings (SSSR count). The summed E-state index contributed by atoms with van der Waals surface area (Å²) in [5, 5.41) is 2.52. The summed E-state index contributed by atoms with van der Waals surface area (Å²) in [6.07, 6.45) is -0.798. The molecule has 0 saturated carbocycles. The van der Waals surface area contributed by atoms with Gasteiger partial charge in [-0.15, -0.1) is 0 Å². The quantitative estimate of drug-likeness (QED) is 0.599. The Morgan fingerprint density at radius 2 is 2.50 bits per heavy atom. The van der Waals surface area contributed by atoms with Crippen LogP contribution in [0.3, 0.4) is 0 Å². The topological polar surface area (TPSA) is 64.6 Å². The molecule has 1 aliphatic rings. The van der Waals surface area contributed by atoms with E-state index in [0.717, 1.165) is 0 Å². The average molecular weight is 173 g/mol. The van der Waals surface area contributed by atoms with Crippen LogP contribution in [0.25, 0.3) is 0 Å². The van der Waals surface area contributed by atoms with Crippen LogP contribution in [0.15, 0.2) is 0 Å². The Labute approximate surface area is 70.0 Å². The summed E-state index contributed by atoms with van der Waals surface area (Å²) in [5.74, 6) is -0.358. The summed E-state index contributed by atoms with van der Waals surface area (Å²) >= 11 is 0. The lowest BCUT2D eigenvalue weighted by atomic mass is 10.2. The van der Waals surface area contributed by atoms with Crippen molar-refractivity contribution in [3.63, 3.8) is 0 Å².